The van der Waals surface area contributed by atoms with Crippen LogP contribution in [0.2, 0.25) is 0 Å². The first kappa shape index (κ1) is 15.5. The van der Waals surface area contributed by atoms with E-state index in [4.69, 9.17) is 18.9 Å². The second kappa shape index (κ2) is 4.93. The third-order valence-corrected chi connectivity index (χ3v) is 5.53. The van der Waals surface area contributed by atoms with E-state index in [1.165, 1.54) is 14.2 Å². The molecule has 2 aromatic rings. The Bertz CT molecular complexity index is 945. The van der Waals surface area contributed by atoms with Crippen LogP contribution in [0.3, 0.4) is 0 Å². The van der Waals surface area contributed by atoms with E-state index < -0.39 is 11.2 Å². The van der Waals surface area contributed by atoms with Gasteiger partial charge in [0.2, 0.25) is 0 Å². The van der Waals surface area contributed by atoms with E-state index in [0.29, 0.717) is 18.1 Å². The molecule has 2 aromatic carbocycles. The summed E-state index contributed by atoms with van der Waals surface area (Å²) in [7, 11) is 3.05. The van der Waals surface area contributed by atoms with E-state index in [0.717, 1.165) is 16.7 Å². The number of phenols is 2. The third kappa shape index (κ3) is 1.78. The number of ether oxygens (including phenoxy) is 4. The minimum atomic E-state index is -0.499. The Hall–Kier alpha value is -2.70. The minimum absolute atomic E-state index is 0.0564. The van der Waals surface area contributed by atoms with Crippen LogP contribution >= 0.6 is 0 Å². The zero-order valence-corrected chi connectivity index (χ0v) is 14.4. The number of methoxy groups -OCH3 is 2. The lowest BCUT2D eigenvalue weighted by atomic mass is 9.65. The molecule has 2 heterocycles. The number of fused-ring (bicyclic) bond motifs is 2. The van der Waals surface area contributed by atoms with E-state index in [1.807, 2.05) is 18.2 Å². The normalized spacial score (nSPS) is 32.1. The summed E-state index contributed by atoms with van der Waals surface area (Å²) < 4.78 is 22.3. The van der Waals surface area contributed by atoms with Gasteiger partial charge in [0, 0.05) is 0 Å². The molecule has 3 aliphatic rings. The van der Waals surface area contributed by atoms with Gasteiger partial charge in [-0.3, -0.25) is 0 Å². The fraction of sp³-hybridized carbons (Fsp3) is 0.300. The van der Waals surface area contributed by atoms with Gasteiger partial charge in [-0.15, -0.1) is 0 Å². The predicted molar refractivity (Wildman–Crippen MR) is 92.5 cm³/mol. The molecule has 26 heavy (non-hydrogen) atoms. The Balaban J connectivity index is 1.50. The van der Waals surface area contributed by atoms with Crippen LogP contribution in [0.25, 0.3) is 6.08 Å². The van der Waals surface area contributed by atoms with Crippen LogP contribution in [0.15, 0.2) is 42.0 Å². The number of phenolic OH excluding ortho intramolecular Hbond substituents is 2. The number of hydrogen-bond donors (Lipinski definition) is 2. The lowest BCUT2D eigenvalue weighted by molar-refractivity contribution is 0.186. The molecule has 3 atom stereocenters. The van der Waals surface area contributed by atoms with Gasteiger partial charge in [-0.1, -0.05) is 12.1 Å². The minimum Gasteiger partial charge on any atom is -0.504 e. The Morgan fingerprint density at radius 2 is 1.69 bits per heavy atom. The predicted octanol–water partition coefficient (Wildman–Crippen LogP) is 2.58. The molecule has 2 N–H and O–H groups in total. The van der Waals surface area contributed by atoms with E-state index in [2.05, 4.69) is 0 Å². The molecule has 2 saturated heterocycles. The molecule has 0 unspecified atom stereocenters. The van der Waals surface area contributed by atoms with Crippen molar-refractivity contribution in [2.45, 2.75) is 17.3 Å². The van der Waals surface area contributed by atoms with Crippen molar-refractivity contribution in [3.63, 3.8) is 0 Å². The standard InChI is InChI=1S/C20H18O6/c1-23-16-8-11(3-5-14(16)21)7-13-18-20(26-18,19(13)10-25-19)12-4-6-15(22)17(9-12)24-2/h3-9,18,21-22H,10H2,1-2H3/b13-7+/t18-,19-,20-/m1/s1. The highest BCUT2D eigenvalue weighted by Crippen LogP contribution is 2.76. The van der Waals surface area contributed by atoms with E-state index in [9.17, 15) is 10.2 Å². The van der Waals surface area contributed by atoms with Crippen molar-refractivity contribution in [1.82, 2.24) is 0 Å². The monoisotopic (exact) mass is 354 g/mol. The average molecular weight is 354 g/mol. The summed E-state index contributed by atoms with van der Waals surface area (Å²) in [6.07, 6.45) is 1.97. The fourth-order valence-electron chi connectivity index (χ4n) is 4.06. The van der Waals surface area contributed by atoms with Crippen LogP contribution < -0.4 is 9.47 Å². The van der Waals surface area contributed by atoms with Crippen LogP contribution in [0, 0.1) is 0 Å². The Labute approximate surface area is 150 Å². The van der Waals surface area contributed by atoms with Crippen molar-refractivity contribution in [3.8, 4) is 23.0 Å². The maximum atomic E-state index is 9.83. The maximum Gasteiger partial charge on any atom is 0.161 e. The lowest BCUT2D eigenvalue weighted by Crippen LogP contribution is -2.47. The summed E-state index contributed by atoms with van der Waals surface area (Å²) in [5.41, 5.74) is 1.98. The highest BCUT2D eigenvalue weighted by Gasteiger charge is 2.89. The fourth-order valence-corrected chi connectivity index (χ4v) is 4.06. The van der Waals surface area contributed by atoms with Crippen LogP contribution in [0.4, 0.5) is 0 Å². The second-order valence-corrected chi connectivity index (χ2v) is 6.77. The summed E-state index contributed by atoms with van der Waals surface area (Å²) in [5.74, 6) is 1.05. The van der Waals surface area contributed by atoms with Crippen molar-refractivity contribution in [2.24, 2.45) is 0 Å². The van der Waals surface area contributed by atoms with Gasteiger partial charge < -0.3 is 29.2 Å². The molecule has 3 fully saturated rings. The summed E-state index contributed by atoms with van der Waals surface area (Å²) in [6.45, 7) is 0.591. The van der Waals surface area contributed by atoms with Gasteiger partial charge in [0.1, 0.15) is 6.10 Å². The Morgan fingerprint density at radius 1 is 1.04 bits per heavy atom. The molecule has 0 bridgehead atoms. The number of epoxide rings is 2. The zero-order valence-electron chi connectivity index (χ0n) is 14.4. The third-order valence-electron chi connectivity index (χ3n) is 5.53. The quantitative estimate of drug-likeness (QED) is 0.821. The topological polar surface area (TPSA) is 84.0 Å². The van der Waals surface area contributed by atoms with Gasteiger partial charge in [-0.25, -0.2) is 0 Å². The van der Waals surface area contributed by atoms with Crippen LogP contribution in [0.1, 0.15) is 11.1 Å². The summed E-state index contributed by atoms with van der Waals surface area (Å²) >= 11 is 0. The Morgan fingerprint density at radius 3 is 2.35 bits per heavy atom. The highest BCUT2D eigenvalue weighted by molar-refractivity contribution is 5.71. The average Bonchev–Trinajstić information content (AvgIpc) is 3.54. The molecule has 5 rings (SSSR count). The molecule has 0 amide bonds. The first-order valence-electron chi connectivity index (χ1n) is 8.34. The molecule has 1 spiro atoms. The van der Waals surface area contributed by atoms with Gasteiger partial charge >= 0.3 is 0 Å². The van der Waals surface area contributed by atoms with Gasteiger partial charge in [-0.05, 0) is 47.0 Å². The molecule has 2 aliphatic heterocycles. The molecule has 6 heteroatoms. The van der Waals surface area contributed by atoms with E-state index in [-0.39, 0.29) is 17.6 Å². The van der Waals surface area contributed by atoms with E-state index >= 15 is 0 Å². The SMILES string of the molecule is COc1cc(/C=C2\[C@H]3O[C@@]3(c3ccc(O)c(OC)c3)[C@@]23CO3)ccc1O. The largest absolute Gasteiger partial charge is 0.504 e. The molecule has 0 aromatic heterocycles. The smallest absolute Gasteiger partial charge is 0.161 e. The van der Waals surface area contributed by atoms with Gasteiger partial charge in [0.25, 0.3) is 0 Å². The van der Waals surface area contributed by atoms with Crippen molar-refractivity contribution in [3.05, 3.63) is 53.1 Å². The van der Waals surface area contributed by atoms with Crippen molar-refractivity contribution in [1.29, 1.82) is 0 Å². The van der Waals surface area contributed by atoms with E-state index in [1.54, 1.807) is 24.3 Å². The highest BCUT2D eigenvalue weighted by atomic mass is 16.7. The number of benzene rings is 2. The van der Waals surface area contributed by atoms with Gasteiger partial charge in [0.05, 0.1) is 20.8 Å². The number of aromatic hydroxyl groups is 2. The molecule has 1 saturated carbocycles. The van der Waals surface area contributed by atoms with Crippen molar-refractivity contribution < 1.29 is 29.2 Å². The molecular weight excluding hydrogens is 336 g/mol. The molecule has 6 nitrogen and oxygen atoms in total. The van der Waals surface area contributed by atoms with Crippen LogP contribution in [-0.4, -0.2) is 42.7 Å². The molecular formula is C20H18O6. The summed E-state index contributed by atoms with van der Waals surface area (Å²) in [4.78, 5) is 0. The van der Waals surface area contributed by atoms with Crippen LogP contribution in [-0.2, 0) is 15.1 Å². The summed E-state index contributed by atoms with van der Waals surface area (Å²) in [5, 5.41) is 19.6. The van der Waals surface area contributed by atoms with Crippen molar-refractivity contribution >= 4 is 6.08 Å². The number of hydrogen-bond acceptors (Lipinski definition) is 6. The maximum absolute atomic E-state index is 9.83. The molecule has 1 aliphatic carbocycles. The first-order valence-corrected chi connectivity index (χ1v) is 8.34. The number of rotatable bonds is 4. The molecule has 134 valence electrons. The van der Waals surface area contributed by atoms with Crippen molar-refractivity contribution in [2.75, 3.05) is 20.8 Å². The van der Waals surface area contributed by atoms with Gasteiger partial charge in [0.15, 0.2) is 34.2 Å². The summed E-state index contributed by atoms with van der Waals surface area (Å²) in [6, 6.07) is 10.5. The van der Waals surface area contributed by atoms with Gasteiger partial charge in [-0.2, -0.15) is 0 Å². The molecule has 0 radical (unpaired) electrons. The Kier molecular flexibility index (Phi) is 2.95. The second-order valence-electron chi connectivity index (χ2n) is 6.77. The zero-order chi connectivity index (χ0) is 18.1. The first-order chi connectivity index (χ1) is 12.6. The van der Waals surface area contributed by atoms with Crippen LogP contribution in [0.5, 0.6) is 23.0 Å². The lowest BCUT2D eigenvalue weighted by Gasteiger charge is -2.32.